The zero-order valence-corrected chi connectivity index (χ0v) is 18.1. The lowest BCUT2D eigenvalue weighted by molar-refractivity contribution is 0.0128. The molecule has 3 aromatic rings. The van der Waals surface area contributed by atoms with Crippen molar-refractivity contribution in [1.29, 1.82) is 0 Å². The molecular weight excluding hydrogens is 388 g/mol. The molecule has 3 aromatic carbocycles. The molecule has 0 amide bonds. The second-order valence-electron chi connectivity index (χ2n) is 7.68. The molecule has 1 aliphatic rings. The molecule has 0 fully saturated rings. The Balaban J connectivity index is 1.66. The van der Waals surface area contributed by atoms with E-state index in [0.717, 1.165) is 16.9 Å². The van der Waals surface area contributed by atoms with Crippen LogP contribution in [0.2, 0.25) is 0 Å². The van der Waals surface area contributed by atoms with Gasteiger partial charge in [0, 0.05) is 6.07 Å². The highest BCUT2D eigenvalue weighted by molar-refractivity contribution is 7.97. The number of esters is 1. The average Bonchev–Trinajstić information content (AvgIpc) is 3.32. The number of carbonyl (C=O) groups is 1. The maximum absolute atomic E-state index is 13.0. The van der Waals surface area contributed by atoms with Gasteiger partial charge in [0.25, 0.3) is 0 Å². The lowest BCUT2D eigenvalue weighted by atomic mass is 9.97. The van der Waals surface area contributed by atoms with Crippen LogP contribution in [-0.2, 0) is 15.6 Å². The van der Waals surface area contributed by atoms with Gasteiger partial charge in [0.15, 0.2) is 14.7 Å². The first-order valence-corrected chi connectivity index (χ1v) is 11.3. The standard InChI is InChI=1S/C27H25O2S/c1-27(2,22-13-9-10-14-22)29-26(28)21-12-11-19-25(20-21)30(23-15-5-3-6-16-23)24-17-7-4-8-18-24/h3-13,15-20H,14H2,1-2H3/q+1. The molecular formula is C27H25O2S+. The Morgan fingerprint density at radius 3 is 2.00 bits per heavy atom. The molecule has 3 heteroatoms. The first-order valence-electron chi connectivity index (χ1n) is 10.1. The third kappa shape index (κ3) is 4.42. The van der Waals surface area contributed by atoms with Gasteiger partial charge in [-0.15, -0.1) is 0 Å². The van der Waals surface area contributed by atoms with Crippen molar-refractivity contribution in [2.24, 2.45) is 0 Å². The summed E-state index contributed by atoms with van der Waals surface area (Å²) in [5.74, 6) is -0.292. The van der Waals surface area contributed by atoms with Gasteiger partial charge in [-0.05, 0) is 62.2 Å². The molecule has 30 heavy (non-hydrogen) atoms. The second-order valence-corrected chi connectivity index (χ2v) is 9.71. The lowest BCUT2D eigenvalue weighted by Gasteiger charge is -2.26. The predicted octanol–water partition coefficient (Wildman–Crippen LogP) is 6.60. The molecule has 0 heterocycles. The van der Waals surface area contributed by atoms with Gasteiger partial charge < -0.3 is 4.74 Å². The number of allylic oxidation sites excluding steroid dienone is 3. The minimum Gasteiger partial charge on any atom is -0.452 e. The molecule has 0 saturated carbocycles. The summed E-state index contributed by atoms with van der Waals surface area (Å²) in [7, 11) is -0.296. The molecule has 0 spiro atoms. The summed E-state index contributed by atoms with van der Waals surface area (Å²) in [6, 6.07) is 28.7. The van der Waals surface area contributed by atoms with Crippen LogP contribution in [0.25, 0.3) is 0 Å². The monoisotopic (exact) mass is 413 g/mol. The smallest absolute Gasteiger partial charge is 0.339 e. The van der Waals surface area contributed by atoms with Gasteiger partial charge in [0.2, 0.25) is 0 Å². The van der Waals surface area contributed by atoms with Gasteiger partial charge in [0.05, 0.1) is 16.5 Å². The van der Waals surface area contributed by atoms with Crippen LogP contribution >= 0.6 is 0 Å². The molecule has 4 rings (SSSR count). The number of benzene rings is 3. The number of rotatable bonds is 6. The fourth-order valence-corrected chi connectivity index (χ4v) is 5.66. The molecule has 1 aliphatic carbocycles. The van der Waals surface area contributed by atoms with Crippen LogP contribution in [0.15, 0.2) is 123 Å². The highest BCUT2D eigenvalue weighted by Gasteiger charge is 2.31. The van der Waals surface area contributed by atoms with Crippen molar-refractivity contribution in [2.75, 3.05) is 0 Å². The fourth-order valence-electron chi connectivity index (χ4n) is 3.52. The number of ether oxygens (including phenoxy) is 1. The minimum atomic E-state index is -0.628. The number of hydrogen-bond acceptors (Lipinski definition) is 2. The molecule has 0 aromatic heterocycles. The van der Waals surface area contributed by atoms with Crippen LogP contribution < -0.4 is 0 Å². The molecule has 150 valence electrons. The summed E-state index contributed by atoms with van der Waals surface area (Å²) < 4.78 is 5.91. The molecule has 0 unspecified atom stereocenters. The van der Waals surface area contributed by atoms with E-state index >= 15 is 0 Å². The summed E-state index contributed by atoms with van der Waals surface area (Å²) in [6.07, 6.45) is 6.95. The third-order valence-corrected chi connectivity index (χ3v) is 7.37. The fraction of sp³-hybridized carbons (Fsp3) is 0.148. The summed E-state index contributed by atoms with van der Waals surface area (Å²) in [6.45, 7) is 3.90. The van der Waals surface area contributed by atoms with E-state index in [1.54, 1.807) is 0 Å². The molecule has 0 N–H and O–H groups in total. The van der Waals surface area contributed by atoms with Crippen molar-refractivity contribution in [2.45, 2.75) is 40.6 Å². The molecule has 2 nitrogen and oxygen atoms in total. The first-order chi connectivity index (χ1) is 14.5. The summed E-state index contributed by atoms with van der Waals surface area (Å²) >= 11 is 0. The van der Waals surface area contributed by atoms with Crippen molar-refractivity contribution in [3.8, 4) is 0 Å². The third-order valence-electron chi connectivity index (χ3n) is 5.16. The Morgan fingerprint density at radius 1 is 0.833 bits per heavy atom. The van der Waals surface area contributed by atoms with Gasteiger partial charge in [-0.25, -0.2) is 4.79 Å². The van der Waals surface area contributed by atoms with E-state index < -0.39 is 5.60 Å². The molecule has 0 saturated heterocycles. The van der Waals surface area contributed by atoms with Crippen LogP contribution in [0.5, 0.6) is 0 Å². The van der Waals surface area contributed by atoms with Crippen LogP contribution in [0.1, 0.15) is 30.6 Å². The van der Waals surface area contributed by atoms with Gasteiger partial charge in [-0.2, -0.15) is 0 Å². The van der Waals surface area contributed by atoms with Crippen LogP contribution in [0.4, 0.5) is 0 Å². The van der Waals surface area contributed by atoms with Crippen molar-refractivity contribution >= 4 is 16.9 Å². The maximum Gasteiger partial charge on any atom is 0.339 e. The van der Waals surface area contributed by atoms with Crippen molar-refractivity contribution in [3.63, 3.8) is 0 Å². The average molecular weight is 414 g/mol. The maximum atomic E-state index is 13.0. The Bertz CT molecular complexity index is 1040. The first kappa shape index (κ1) is 20.2. The topological polar surface area (TPSA) is 26.3 Å². The number of hydrogen-bond donors (Lipinski definition) is 0. The molecule has 0 atom stereocenters. The van der Waals surface area contributed by atoms with E-state index in [4.69, 9.17) is 4.74 Å². The molecule has 0 aliphatic heterocycles. The van der Waals surface area contributed by atoms with Gasteiger partial charge in [0.1, 0.15) is 5.60 Å². The van der Waals surface area contributed by atoms with Crippen LogP contribution in [0.3, 0.4) is 0 Å². The van der Waals surface area contributed by atoms with E-state index in [0.29, 0.717) is 5.56 Å². The Morgan fingerprint density at radius 2 is 1.43 bits per heavy atom. The predicted molar refractivity (Wildman–Crippen MR) is 123 cm³/mol. The van der Waals surface area contributed by atoms with E-state index in [1.165, 1.54) is 9.79 Å². The van der Waals surface area contributed by atoms with E-state index in [-0.39, 0.29) is 16.9 Å². The van der Waals surface area contributed by atoms with Gasteiger partial charge >= 0.3 is 5.97 Å². The van der Waals surface area contributed by atoms with Gasteiger partial charge in [-0.1, -0.05) is 60.7 Å². The highest BCUT2D eigenvalue weighted by atomic mass is 32.2. The Hall–Kier alpha value is -3.04. The lowest BCUT2D eigenvalue weighted by Crippen LogP contribution is -2.30. The molecule has 0 bridgehead atoms. The van der Waals surface area contributed by atoms with E-state index in [1.807, 2.05) is 56.3 Å². The van der Waals surface area contributed by atoms with Gasteiger partial charge in [-0.3, -0.25) is 0 Å². The Kier molecular flexibility index (Phi) is 5.91. The summed E-state index contributed by atoms with van der Waals surface area (Å²) in [5.41, 5.74) is 1.06. The second kappa shape index (κ2) is 8.76. The van der Waals surface area contributed by atoms with Crippen molar-refractivity contribution in [3.05, 3.63) is 114 Å². The normalized spacial score (nSPS) is 13.4. The SMILES string of the molecule is CC(C)(OC(=O)c1cccc([S+](c2ccccc2)c2ccccc2)c1)C1=CC=CC1. The minimum absolute atomic E-state index is 0.292. The van der Waals surface area contributed by atoms with E-state index in [2.05, 4.69) is 60.7 Å². The van der Waals surface area contributed by atoms with Crippen LogP contribution in [-0.4, -0.2) is 11.6 Å². The largest absolute Gasteiger partial charge is 0.452 e. The summed E-state index contributed by atoms with van der Waals surface area (Å²) in [5, 5.41) is 0. The van der Waals surface area contributed by atoms with E-state index in [9.17, 15) is 4.79 Å². The van der Waals surface area contributed by atoms with Crippen molar-refractivity contribution in [1.82, 2.24) is 0 Å². The highest BCUT2D eigenvalue weighted by Crippen LogP contribution is 2.32. The zero-order chi connectivity index (χ0) is 21.0. The van der Waals surface area contributed by atoms with Crippen molar-refractivity contribution < 1.29 is 9.53 Å². The molecule has 0 radical (unpaired) electrons. The quantitative estimate of drug-likeness (QED) is 0.336. The zero-order valence-electron chi connectivity index (χ0n) is 17.2. The van der Waals surface area contributed by atoms with Crippen LogP contribution in [0, 0.1) is 0 Å². The summed E-state index contributed by atoms with van der Waals surface area (Å²) in [4.78, 5) is 16.5. The Labute approximate surface area is 181 Å². The number of carbonyl (C=O) groups excluding carboxylic acids is 1.